The number of anilines is 1. The van der Waals surface area contributed by atoms with Crippen molar-refractivity contribution in [3.8, 4) is 0 Å². The highest BCUT2D eigenvalue weighted by atomic mass is 35.5. The van der Waals surface area contributed by atoms with E-state index in [4.69, 9.17) is 16.3 Å². The summed E-state index contributed by atoms with van der Waals surface area (Å²) in [5, 5.41) is 8.93. The van der Waals surface area contributed by atoms with Crippen molar-refractivity contribution in [1.82, 2.24) is 10.6 Å². The minimum absolute atomic E-state index is 0. The van der Waals surface area contributed by atoms with E-state index in [1.54, 1.807) is 12.1 Å². The summed E-state index contributed by atoms with van der Waals surface area (Å²) in [6.45, 7) is 3.99. The molecule has 6 nitrogen and oxygen atoms in total. The molecule has 1 aromatic rings. The SMILES string of the molecule is CCNC(=O)c1cc(Cl)ccc1NC(=O)C1CNCCO1.Cl. The average Bonchev–Trinajstić information content (AvgIpc) is 2.50. The topological polar surface area (TPSA) is 79.5 Å². The molecule has 0 aromatic heterocycles. The lowest BCUT2D eigenvalue weighted by Gasteiger charge is -2.23. The van der Waals surface area contributed by atoms with Crippen LogP contribution in [-0.4, -0.2) is 44.2 Å². The third kappa shape index (κ3) is 4.84. The molecule has 0 bridgehead atoms. The number of amides is 2. The zero-order valence-electron chi connectivity index (χ0n) is 12.1. The predicted molar refractivity (Wildman–Crippen MR) is 87.9 cm³/mol. The summed E-state index contributed by atoms with van der Waals surface area (Å²) in [5.41, 5.74) is 0.756. The molecule has 1 unspecified atom stereocenters. The van der Waals surface area contributed by atoms with E-state index >= 15 is 0 Å². The first kappa shape index (κ1) is 18.7. The van der Waals surface area contributed by atoms with Crippen molar-refractivity contribution in [2.45, 2.75) is 13.0 Å². The maximum Gasteiger partial charge on any atom is 0.254 e. The third-order valence-corrected chi connectivity index (χ3v) is 3.28. The maximum absolute atomic E-state index is 12.1. The second kappa shape index (κ2) is 8.95. The first-order valence-electron chi connectivity index (χ1n) is 6.82. The number of rotatable bonds is 4. The van der Waals surface area contributed by atoms with Gasteiger partial charge in [0.05, 0.1) is 17.9 Å². The fourth-order valence-corrected chi connectivity index (χ4v) is 2.19. The van der Waals surface area contributed by atoms with Crippen LogP contribution in [0.3, 0.4) is 0 Å². The fourth-order valence-electron chi connectivity index (χ4n) is 2.02. The van der Waals surface area contributed by atoms with Gasteiger partial charge in [-0.05, 0) is 25.1 Å². The Balaban J connectivity index is 0.00000242. The van der Waals surface area contributed by atoms with Crippen molar-refractivity contribution in [1.29, 1.82) is 0 Å². The lowest BCUT2D eigenvalue weighted by molar-refractivity contribution is -0.128. The summed E-state index contributed by atoms with van der Waals surface area (Å²) in [6.07, 6.45) is -0.559. The Bertz CT molecular complexity index is 534. The van der Waals surface area contributed by atoms with Gasteiger partial charge in [0.1, 0.15) is 6.10 Å². The number of carbonyl (C=O) groups excluding carboxylic acids is 2. The van der Waals surface area contributed by atoms with E-state index in [9.17, 15) is 9.59 Å². The Morgan fingerprint density at radius 1 is 1.45 bits per heavy atom. The summed E-state index contributed by atoms with van der Waals surface area (Å²) in [7, 11) is 0. The number of morpholine rings is 1. The Hall–Kier alpha value is -1.34. The van der Waals surface area contributed by atoms with Crippen LogP contribution >= 0.6 is 24.0 Å². The van der Waals surface area contributed by atoms with E-state index in [1.807, 2.05) is 6.92 Å². The molecular formula is C14H19Cl2N3O3. The number of ether oxygens (including phenoxy) is 1. The average molecular weight is 348 g/mol. The smallest absolute Gasteiger partial charge is 0.254 e. The molecule has 22 heavy (non-hydrogen) atoms. The summed E-state index contributed by atoms with van der Waals surface area (Å²) < 4.78 is 5.38. The van der Waals surface area contributed by atoms with Gasteiger partial charge in [-0.1, -0.05) is 11.6 Å². The molecule has 1 heterocycles. The van der Waals surface area contributed by atoms with Gasteiger partial charge in [-0.2, -0.15) is 0 Å². The van der Waals surface area contributed by atoms with Gasteiger partial charge in [0.2, 0.25) is 0 Å². The molecule has 8 heteroatoms. The molecule has 0 radical (unpaired) electrons. The molecule has 0 saturated carbocycles. The molecule has 0 spiro atoms. The molecule has 1 atom stereocenters. The number of benzene rings is 1. The van der Waals surface area contributed by atoms with Gasteiger partial charge in [0.25, 0.3) is 11.8 Å². The van der Waals surface area contributed by atoms with Crippen LogP contribution in [0.15, 0.2) is 18.2 Å². The Kier molecular flexibility index (Phi) is 7.61. The van der Waals surface area contributed by atoms with E-state index < -0.39 is 6.10 Å². The van der Waals surface area contributed by atoms with E-state index in [2.05, 4.69) is 16.0 Å². The monoisotopic (exact) mass is 347 g/mol. The number of nitrogens with one attached hydrogen (secondary N) is 3. The third-order valence-electron chi connectivity index (χ3n) is 3.04. The minimum atomic E-state index is -0.559. The molecule has 122 valence electrons. The van der Waals surface area contributed by atoms with Crippen molar-refractivity contribution in [3.63, 3.8) is 0 Å². The Morgan fingerprint density at radius 2 is 2.23 bits per heavy atom. The van der Waals surface area contributed by atoms with Crippen LogP contribution in [0.4, 0.5) is 5.69 Å². The normalized spacial score (nSPS) is 17.3. The highest BCUT2D eigenvalue weighted by Crippen LogP contribution is 2.21. The van der Waals surface area contributed by atoms with E-state index in [1.165, 1.54) is 6.07 Å². The van der Waals surface area contributed by atoms with Gasteiger partial charge in [-0.25, -0.2) is 0 Å². The lowest BCUT2D eigenvalue weighted by Crippen LogP contribution is -2.45. The van der Waals surface area contributed by atoms with Crippen molar-refractivity contribution in [2.24, 2.45) is 0 Å². The number of hydrogen-bond acceptors (Lipinski definition) is 4. The highest BCUT2D eigenvalue weighted by Gasteiger charge is 2.23. The van der Waals surface area contributed by atoms with Crippen LogP contribution in [-0.2, 0) is 9.53 Å². The molecule has 1 aliphatic heterocycles. The van der Waals surface area contributed by atoms with Crippen LogP contribution in [0.5, 0.6) is 0 Å². The van der Waals surface area contributed by atoms with Crippen molar-refractivity contribution < 1.29 is 14.3 Å². The van der Waals surface area contributed by atoms with Crippen LogP contribution in [0.2, 0.25) is 5.02 Å². The van der Waals surface area contributed by atoms with E-state index in [0.717, 1.165) is 6.54 Å². The first-order chi connectivity index (χ1) is 10.1. The fraction of sp³-hybridized carbons (Fsp3) is 0.429. The maximum atomic E-state index is 12.1. The molecule has 1 fully saturated rings. The molecule has 0 aliphatic carbocycles. The van der Waals surface area contributed by atoms with Crippen LogP contribution in [0.1, 0.15) is 17.3 Å². The molecule has 1 saturated heterocycles. The number of hydrogen-bond donors (Lipinski definition) is 3. The summed E-state index contributed by atoms with van der Waals surface area (Å²) in [5.74, 6) is -0.562. The van der Waals surface area contributed by atoms with Gasteiger partial charge in [-0.15, -0.1) is 12.4 Å². The highest BCUT2D eigenvalue weighted by molar-refractivity contribution is 6.31. The van der Waals surface area contributed by atoms with E-state index in [0.29, 0.717) is 36.0 Å². The molecule has 2 rings (SSSR count). The van der Waals surface area contributed by atoms with Gasteiger partial charge in [0, 0.05) is 24.7 Å². The second-order valence-electron chi connectivity index (χ2n) is 4.60. The summed E-state index contributed by atoms with van der Waals surface area (Å²) >= 11 is 5.92. The summed E-state index contributed by atoms with van der Waals surface area (Å²) in [6, 6.07) is 4.77. The minimum Gasteiger partial charge on any atom is -0.366 e. The molecule has 2 amide bonds. The molecule has 1 aliphatic rings. The largest absolute Gasteiger partial charge is 0.366 e. The molecule has 3 N–H and O–H groups in total. The van der Waals surface area contributed by atoms with Crippen LogP contribution < -0.4 is 16.0 Å². The van der Waals surface area contributed by atoms with Gasteiger partial charge in [0.15, 0.2) is 0 Å². The second-order valence-corrected chi connectivity index (χ2v) is 5.04. The Labute approximate surface area is 140 Å². The van der Waals surface area contributed by atoms with Gasteiger partial charge < -0.3 is 20.7 Å². The van der Waals surface area contributed by atoms with Gasteiger partial charge >= 0.3 is 0 Å². The summed E-state index contributed by atoms with van der Waals surface area (Å²) in [4.78, 5) is 24.2. The van der Waals surface area contributed by atoms with E-state index in [-0.39, 0.29) is 24.2 Å². The lowest BCUT2D eigenvalue weighted by atomic mass is 10.1. The number of carbonyl (C=O) groups is 2. The quantitative estimate of drug-likeness (QED) is 0.769. The standard InChI is InChI=1S/C14H18ClN3O3.ClH/c1-2-17-13(19)10-7-9(15)3-4-11(10)18-14(20)12-8-16-5-6-21-12;/h3-4,7,12,16H,2,5-6,8H2,1H3,(H,17,19)(H,18,20);1H. The van der Waals surface area contributed by atoms with Gasteiger partial charge in [-0.3, -0.25) is 9.59 Å². The predicted octanol–water partition coefficient (Wildman–Crippen LogP) is 1.44. The Morgan fingerprint density at radius 3 is 2.86 bits per heavy atom. The van der Waals surface area contributed by atoms with Crippen molar-refractivity contribution >= 4 is 41.5 Å². The zero-order chi connectivity index (χ0) is 15.2. The zero-order valence-corrected chi connectivity index (χ0v) is 13.7. The van der Waals surface area contributed by atoms with Crippen molar-refractivity contribution in [2.75, 3.05) is 31.6 Å². The first-order valence-corrected chi connectivity index (χ1v) is 7.20. The van der Waals surface area contributed by atoms with Crippen LogP contribution in [0.25, 0.3) is 0 Å². The molecular weight excluding hydrogens is 329 g/mol. The number of halogens is 2. The van der Waals surface area contributed by atoms with Crippen molar-refractivity contribution in [3.05, 3.63) is 28.8 Å². The van der Waals surface area contributed by atoms with Crippen LogP contribution in [0, 0.1) is 0 Å². The molecule has 1 aromatic carbocycles.